The first-order valence-electron chi connectivity index (χ1n) is 5.22. The summed E-state index contributed by atoms with van der Waals surface area (Å²) in [6.07, 6.45) is 0. The number of carbonyl (C=O) groups is 2. The van der Waals surface area contributed by atoms with Gasteiger partial charge in [-0.1, -0.05) is 0 Å². The van der Waals surface area contributed by atoms with Gasteiger partial charge >= 0.3 is 5.97 Å². The van der Waals surface area contributed by atoms with Crippen molar-refractivity contribution in [1.29, 1.82) is 0 Å². The Bertz CT molecular complexity index is 558. The van der Waals surface area contributed by atoms with Gasteiger partial charge in [0.2, 0.25) is 0 Å². The summed E-state index contributed by atoms with van der Waals surface area (Å²) in [7, 11) is 0. The van der Waals surface area contributed by atoms with Gasteiger partial charge in [-0.25, -0.2) is 4.39 Å². The highest BCUT2D eigenvalue weighted by Gasteiger charge is 2.26. The molecule has 0 aliphatic rings. The summed E-state index contributed by atoms with van der Waals surface area (Å²) < 4.78 is 13.2. The van der Waals surface area contributed by atoms with Crippen molar-refractivity contribution in [2.75, 3.05) is 0 Å². The maximum Gasteiger partial charge on any atom is 0.325 e. The second kappa shape index (κ2) is 5.42. The van der Waals surface area contributed by atoms with Crippen molar-refractivity contribution in [3.05, 3.63) is 39.2 Å². The molecule has 1 amide bonds. The molecule has 1 atom stereocenters. The number of rotatable bonds is 4. The summed E-state index contributed by atoms with van der Waals surface area (Å²) in [5.74, 6) is -3.12. The van der Waals surface area contributed by atoms with Crippen LogP contribution in [-0.4, -0.2) is 27.9 Å². The Balaban J connectivity index is 3.22. The zero-order valence-electron chi connectivity index (χ0n) is 10.1. The quantitative estimate of drug-likeness (QED) is 0.632. The van der Waals surface area contributed by atoms with Crippen LogP contribution in [0.3, 0.4) is 0 Å². The fourth-order valence-electron chi connectivity index (χ4n) is 1.49. The molecule has 0 aromatic heterocycles. The van der Waals surface area contributed by atoms with Crippen LogP contribution in [0.25, 0.3) is 0 Å². The zero-order valence-corrected chi connectivity index (χ0v) is 10.1. The minimum absolute atomic E-state index is 0.0156. The second-order valence-electron chi connectivity index (χ2n) is 3.91. The summed E-state index contributed by atoms with van der Waals surface area (Å²) in [4.78, 5) is 32.4. The first-order chi connectivity index (χ1) is 8.73. The van der Waals surface area contributed by atoms with Crippen molar-refractivity contribution in [3.63, 3.8) is 0 Å². The minimum atomic E-state index is -1.30. The number of nitro groups is 1. The third-order valence-electron chi connectivity index (χ3n) is 2.41. The van der Waals surface area contributed by atoms with Crippen LogP contribution in [-0.2, 0) is 4.79 Å². The Labute approximate surface area is 107 Å². The molecule has 1 aromatic carbocycles. The van der Waals surface area contributed by atoms with Crippen molar-refractivity contribution in [1.82, 2.24) is 5.32 Å². The summed E-state index contributed by atoms with van der Waals surface area (Å²) in [6.45, 7) is 2.48. The van der Waals surface area contributed by atoms with Crippen molar-refractivity contribution >= 4 is 17.6 Å². The molecule has 0 unspecified atom stereocenters. The molecule has 0 spiro atoms. The molecule has 19 heavy (non-hydrogen) atoms. The van der Waals surface area contributed by atoms with E-state index in [1.807, 2.05) is 5.32 Å². The van der Waals surface area contributed by atoms with E-state index in [1.165, 1.54) is 13.8 Å². The molecule has 0 aliphatic heterocycles. The molecule has 0 heterocycles. The van der Waals surface area contributed by atoms with E-state index in [0.29, 0.717) is 6.07 Å². The lowest BCUT2D eigenvalue weighted by molar-refractivity contribution is -0.385. The molecule has 0 fully saturated rings. The van der Waals surface area contributed by atoms with E-state index in [0.717, 1.165) is 6.07 Å². The molecule has 0 saturated heterocycles. The van der Waals surface area contributed by atoms with Gasteiger partial charge in [0.25, 0.3) is 11.6 Å². The Kier molecular flexibility index (Phi) is 4.15. The Morgan fingerprint density at radius 1 is 1.47 bits per heavy atom. The van der Waals surface area contributed by atoms with Crippen LogP contribution in [0.5, 0.6) is 0 Å². The van der Waals surface area contributed by atoms with Crippen LogP contribution < -0.4 is 5.32 Å². The molecule has 0 saturated carbocycles. The van der Waals surface area contributed by atoms with Gasteiger partial charge in [0.15, 0.2) is 0 Å². The molecule has 8 heteroatoms. The van der Waals surface area contributed by atoms with E-state index >= 15 is 0 Å². The first kappa shape index (κ1) is 14.6. The van der Waals surface area contributed by atoms with E-state index in [2.05, 4.69) is 0 Å². The number of aliphatic carboxylic acids is 1. The molecule has 2 N–H and O–H groups in total. The van der Waals surface area contributed by atoms with Crippen molar-refractivity contribution in [2.24, 2.45) is 0 Å². The van der Waals surface area contributed by atoms with E-state index in [4.69, 9.17) is 5.11 Å². The highest BCUT2D eigenvalue weighted by Crippen LogP contribution is 2.24. The van der Waals surface area contributed by atoms with Crippen molar-refractivity contribution in [3.8, 4) is 0 Å². The predicted molar refractivity (Wildman–Crippen MR) is 62.4 cm³/mol. The molecule has 102 valence electrons. The zero-order chi connectivity index (χ0) is 14.7. The monoisotopic (exact) mass is 270 g/mol. The number of nitrogens with zero attached hydrogens (tertiary/aromatic N) is 1. The standard InChI is InChI=1S/C11H11FN2O5/c1-5-3-7(12)4-8(9(5)14(18)19)10(15)13-6(2)11(16)17/h3-4,6H,1-2H3,(H,13,15)(H,16,17)/t6-/m1/s1. The average Bonchev–Trinajstić information content (AvgIpc) is 2.26. The fraction of sp³-hybridized carbons (Fsp3) is 0.273. The van der Waals surface area contributed by atoms with Crippen LogP contribution in [0.1, 0.15) is 22.8 Å². The number of hydrogen-bond donors (Lipinski definition) is 2. The minimum Gasteiger partial charge on any atom is -0.480 e. The molecule has 0 radical (unpaired) electrons. The van der Waals surface area contributed by atoms with Gasteiger partial charge in [-0.15, -0.1) is 0 Å². The van der Waals surface area contributed by atoms with Gasteiger partial charge in [0, 0.05) is 5.56 Å². The van der Waals surface area contributed by atoms with Crippen LogP contribution in [0.4, 0.5) is 10.1 Å². The summed E-state index contributed by atoms with van der Waals surface area (Å²) >= 11 is 0. The molecule has 1 aromatic rings. The number of carbonyl (C=O) groups excluding carboxylic acids is 1. The number of carboxylic acids is 1. The molecule has 1 rings (SSSR count). The van der Waals surface area contributed by atoms with E-state index in [9.17, 15) is 24.1 Å². The van der Waals surface area contributed by atoms with Gasteiger partial charge in [-0.3, -0.25) is 19.7 Å². The highest BCUT2D eigenvalue weighted by atomic mass is 19.1. The van der Waals surface area contributed by atoms with Gasteiger partial charge < -0.3 is 10.4 Å². The van der Waals surface area contributed by atoms with E-state index in [-0.39, 0.29) is 5.56 Å². The SMILES string of the molecule is Cc1cc(F)cc(C(=O)N[C@H](C)C(=O)O)c1[N+](=O)[O-]. The molecule has 0 aliphatic carbocycles. The summed E-state index contributed by atoms with van der Waals surface area (Å²) in [5.41, 5.74) is -1.06. The molecular formula is C11H11FN2O5. The Morgan fingerprint density at radius 2 is 2.05 bits per heavy atom. The third kappa shape index (κ3) is 3.24. The molecule has 0 bridgehead atoms. The van der Waals surface area contributed by atoms with Crippen molar-refractivity contribution in [2.45, 2.75) is 19.9 Å². The number of aryl methyl sites for hydroxylation is 1. The van der Waals surface area contributed by atoms with Crippen molar-refractivity contribution < 1.29 is 24.0 Å². The number of benzene rings is 1. The third-order valence-corrected chi connectivity index (χ3v) is 2.41. The van der Waals surface area contributed by atoms with Crippen LogP contribution >= 0.6 is 0 Å². The number of amides is 1. The summed E-state index contributed by atoms with van der Waals surface area (Å²) in [6, 6.07) is 0.389. The lowest BCUT2D eigenvalue weighted by atomic mass is 10.1. The second-order valence-corrected chi connectivity index (χ2v) is 3.91. The van der Waals surface area contributed by atoms with E-state index in [1.54, 1.807) is 0 Å². The van der Waals surface area contributed by atoms with Crippen LogP contribution in [0.2, 0.25) is 0 Å². The van der Waals surface area contributed by atoms with Gasteiger partial charge in [-0.05, 0) is 26.0 Å². The largest absolute Gasteiger partial charge is 0.480 e. The van der Waals surface area contributed by atoms with Crippen LogP contribution in [0, 0.1) is 22.9 Å². The Hall–Kier alpha value is -2.51. The molecular weight excluding hydrogens is 259 g/mol. The summed E-state index contributed by atoms with van der Waals surface area (Å²) in [5, 5.41) is 21.5. The lowest BCUT2D eigenvalue weighted by Crippen LogP contribution is -2.38. The average molecular weight is 270 g/mol. The number of carboxylic acid groups (broad SMARTS) is 1. The maximum atomic E-state index is 13.2. The number of hydrogen-bond acceptors (Lipinski definition) is 4. The predicted octanol–water partition coefficient (Wildman–Crippen LogP) is 1.25. The molecule has 7 nitrogen and oxygen atoms in total. The number of nitrogens with one attached hydrogen (secondary N) is 1. The highest BCUT2D eigenvalue weighted by molar-refractivity contribution is 6.00. The normalized spacial score (nSPS) is 11.7. The topological polar surface area (TPSA) is 110 Å². The number of halogens is 1. The lowest BCUT2D eigenvalue weighted by Gasteiger charge is -2.10. The Morgan fingerprint density at radius 3 is 2.53 bits per heavy atom. The van der Waals surface area contributed by atoms with Gasteiger partial charge in [0.05, 0.1) is 4.92 Å². The van der Waals surface area contributed by atoms with Crippen LogP contribution in [0.15, 0.2) is 12.1 Å². The fourth-order valence-corrected chi connectivity index (χ4v) is 1.49. The van der Waals surface area contributed by atoms with E-state index < -0.39 is 39.9 Å². The maximum absolute atomic E-state index is 13.2. The first-order valence-corrected chi connectivity index (χ1v) is 5.22. The van der Waals surface area contributed by atoms with Gasteiger partial charge in [-0.2, -0.15) is 0 Å². The number of nitro benzene ring substituents is 1. The smallest absolute Gasteiger partial charge is 0.325 e. The van der Waals surface area contributed by atoms with Gasteiger partial charge in [0.1, 0.15) is 17.4 Å².